The predicted molar refractivity (Wildman–Crippen MR) is 128 cm³/mol. The zero-order chi connectivity index (χ0) is 21.2. The van der Waals surface area contributed by atoms with E-state index in [-0.39, 0.29) is 6.10 Å². The van der Waals surface area contributed by atoms with Crippen LogP contribution in [0.15, 0.2) is 58.9 Å². The number of aliphatic hydroxyl groups excluding tert-OH is 1. The van der Waals surface area contributed by atoms with Crippen LogP contribution in [0.2, 0.25) is 0 Å². The Labute approximate surface area is 194 Å². The summed E-state index contributed by atoms with van der Waals surface area (Å²) in [4.78, 5) is 6.96. The maximum atomic E-state index is 10.0. The van der Waals surface area contributed by atoms with Crippen LogP contribution in [0.25, 0.3) is 15.9 Å². The van der Waals surface area contributed by atoms with Gasteiger partial charge in [0.15, 0.2) is 4.34 Å². The molecule has 0 bridgehead atoms. The van der Waals surface area contributed by atoms with E-state index in [0.717, 1.165) is 40.8 Å². The first kappa shape index (κ1) is 20.8. The lowest BCUT2D eigenvalue weighted by Gasteiger charge is -2.29. The lowest BCUT2D eigenvalue weighted by molar-refractivity contribution is 0.0512. The first-order chi connectivity index (χ1) is 15.2. The summed E-state index contributed by atoms with van der Waals surface area (Å²) in [5.74, 6) is 1.58. The maximum absolute atomic E-state index is 10.0. The van der Waals surface area contributed by atoms with E-state index in [1.807, 2.05) is 41.1 Å². The largest absolute Gasteiger partial charge is 0.392 e. The number of likely N-dealkylation sites (tertiary alicyclic amines) is 1. The number of rotatable bonds is 6. The van der Waals surface area contributed by atoms with E-state index in [1.165, 1.54) is 4.70 Å². The second kappa shape index (κ2) is 9.22. The molecule has 31 heavy (non-hydrogen) atoms. The molecule has 9 heteroatoms. The molecule has 1 fully saturated rings. The molecule has 0 spiro atoms. The van der Waals surface area contributed by atoms with Crippen molar-refractivity contribution in [3.05, 3.63) is 65.2 Å². The van der Waals surface area contributed by atoms with E-state index in [4.69, 9.17) is 22.3 Å². The lowest BCUT2D eigenvalue weighted by atomic mass is 10.1. The molecule has 4 aromatic rings. The Kier molecular flexibility index (Phi) is 6.20. The van der Waals surface area contributed by atoms with Crippen LogP contribution in [-0.2, 0) is 12.4 Å². The fourth-order valence-corrected chi connectivity index (χ4v) is 6.15. The third kappa shape index (κ3) is 4.61. The van der Waals surface area contributed by atoms with Gasteiger partial charge < -0.3 is 5.11 Å². The van der Waals surface area contributed by atoms with Crippen LogP contribution in [0.3, 0.4) is 0 Å². The molecule has 1 aliphatic heterocycles. The molecule has 2 aromatic carbocycles. The zero-order valence-electron chi connectivity index (χ0n) is 16.9. The Bertz CT molecular complexity index is 1200. The molecule has 160 valence electrons. The monoisotopic (exact) mass is 469 g/mol. The average Bonchev–Trinajstić information content (AvgIpc) is 3.33. The van der Waals surface area contributed by atoms with Gasteiger partial charge in [0.2, 0.25) is 4.77 Å². The molecule has 3 heterocycles. The number of hydrogen-bond donors (Lipinski definition) is 1. The standard InChI is InChI=1S/C22H23N5OS3/c28-17-9-6-12-25(13-17)15-26-22(29)27(16-7-2-1-3-8-16)20(24-26)14-30-21-23-18-10-4-5-11-19(18)31-21/h1-5,7-8,10-11,17,28H,6,9,12-15H2/t17-/m1/s1. The lowest BCUT2D eigenvalue weighted by Crippen LogP contribution is -2.39. The summed E-state index contributed by atoms with van der Waals surface area (Å²) in [5, 5.41) is 14.9. The van der Waals surface area contributed by atoms with Crippen LogP contribution in [0.1, 0.15) is 18.7 Å². The van der Waals surface area contributed by atoms with Crippen molar-refractivity contribution in [2.75, 3.05) is 13.1 Å². The van der Waals surface area contributed by atoms with E-state index >= 15 is 0 Å². The van der Waals surface area contributed by atoms with Crippen LogP contribution >= 0.6 is 35.3 Å². The summed E-state index contributed by atoms with van der Waals surface area (Å²) >= 11 is 9.22. The molecule has 0 amide bonds. The Morgan fingerprint density at radius 1 is 1.13 bits per heavy atom. The van der Waals surface area contributed by atoms with Gasteiger partial charge in [0.1, 0.15) is 5.82 Å². The predicted octanol–water partition coefficient (Wildman–Crippen LogP) is 4.72. The number of para-hydroxylation sites is 2. The second-order valence-electron chi connectivity index (χ2n) is 7.62. The highest BCUT2D eigenvalue weighted by molar-refractivity contribution is 8.00. The van der Waals surface area contributed by atoms with Gasteiger partial charge in [0, 0.05) is 18.8 Å². The number of fused-ring (bicyclic) bond motifs is 1. The van der Waals surface area contributed by atoms with Crippen molar-refractivity contribution >= 4 is 45.5 Å². The number of aliphatic hydroxyl groups is 1. The third-order valence-corrected chi connectivity index (χ3v) is 7.90. The Morgan fingerprint density at radius 3 is 2.74 bits per heavy atom. The molecule has 0 unspecified atom stereocenters. The number of piperidine rings is 1. The fraction of sp³-hybridized carbons (Fsp3) is 0.318. The summed E-state index contributed by atoms with van der Waals surface area (Å²) in [6.45, 7) is 2.21. The normalized spacial score (nSPS) is 17.4. The van der Waals surface area contributed by atoms with Crippen LogP contribution in [-0.4, -0.2) is 48.5 Å². The minimum atomic E-state index is -0.270. The van der Waals surface area contributed by atoms with Gasteiger partial charge in [0.05, 0.1) is 28.7 Å². The number of thioether (sulfide) groups is 1. The van der Waals surface area contributed by atoms with Crippen molar-refractivity contribution in [2.45, 2.75) is 35.7 Å². The molecule has 1 atom stereocenters. The van der Waals surface area contributed by atoms with Gasteiger partial charge in [-0.3, -0.25) is 9.47 Å². The van der Waals surface area contributed by atoms with Gasteiger partial charge in [-0.15, -0.1) is 11.3 Å². The van der Waals surface area contributed by atoms with Gasteiger partial charge in [-0.2, -0.15) is 5.10 Å². The smallest absolute Gasteiger partial charge is 0.203 e. The van der Waals surface area contributed by atoms with E-state index in [0.29, 0.717) is 23.7 Å². The molecule has 1 N–H and O–H groups in total. The minimum absolute atomic E-state index is 0.270. The van der Waals surface area contributed by atoms with Gasteiger partial charge in [-0.05, 0) is 49.3 Å². The Balaban J connectivity index is 1.43. The maximum Gasteiger partial charge on any atom is 0.203 e. The highest BCUT2D eigenvalue weighted by atomic mass is 32.2. The summed E-state index contributed by atoms with van der Waals surface area (Å²) in [5.41, 5.74) is 2.04. The van der Waals surface area contributed by atoms with E-state index in [2.05, 4.69) is 27.7 Å². The zero-order valence-corrected chi connectivity index (χ0v) is 19.4. The number of benzene rings is 2. The summed E-state index contributed by atoms with van der Waals surface area (Å²) in [6.07, 6.45) is 1.59. The Hall–Kier alpha value is -2.04. The van der Waals surface area contributed by atoms with Crippen LogP contribution in [0.4, 0.5) is 0 Å². The van der Waals surface area contributed by atoms with Crippen LogP contribution < -0.4 is 0 Å². The second-order valence-corrected chi connectivity index (χ2v) is 10.2. The highest BCUT2D eigenvalue weighted by Gasteiger charge is 2.20. The highest BCUT2D eigenvalue weighted by Crippen LogP contribution is 2.31. The fourth-order valence-electron chi connectivity index (χ4n) is 3.86. The molecule has 1 aliphatic rings. The van der Waals surface area contributed by atoms with Crippen molar-refractivity contribution in [1.82, 2.24) is 24.2 Å². The molecule has 0 aliphatic carbocycles. The summed E-state index contributed by atoms with van der Waals surface area (Å²) < 4.78 is 6.83. The number of aromatic nitrogens is 4. The molecule has 1 saturated heterocycles. The Morgan fingerprint density at radius 2 is 1.94 bits per heavy atom. The van der Waals surface area contributed by atoms with Gasteiger partial charge in [-0.25, -0.2) is 9.67 Å². The van der Waals surface area contributed by atoms with Crippen molar-refractivity contribution in [1.29, 1.82) is 0 Å². The molecule has 2 aromatic heterocycles. The van der Waals surface area contributed by atoms with Crippen molar-refractivity contribution < 1.29 is 5.11 Å². The molecular formula is C22H23N5OS3. The quantitative estimate of drug-likeness (QED) is 0.326. The molecule has 0 radical (unpaired) electrons. The van der Waals surface area contributed by atoms with E-state index in [9.17, 15) is 5.11 Å². The molecule has 6 nitrogen and oxygen atoms in total. The van der Waals surface area contributed by atoms with Gasteiger partial charge in [-0.1, -0.05) is 42.1 Å². The summed E-state index contributed by atoms with van der Waals surface area (Å²) in [7, 11) is 0. The molecule has 5 rings (SSSR count). The van der Waals surface area contributed by atoms with Gasteiger partial charge in [0.25, 0.3) is 0 Å². The number of nitrogens with zero attached hydrogens (tertiary/aromatic N) is 5. The first-order valence-electron chi connectivity index (χ1n) is 10.3. The average molecular weight is 470 g/mol. The van der Waals surface area contributed by atoms with E-state index < -0.39 is 0 Å². The summed E-state index contributed by atoms with van der Waals surface area (Å²) in [6, 6.07) is 18.3. The first-order valence-corrected chi connectivity index (χ1v) is 12.5. The van der Waals surface area contributed by atoms with Crippen molar-refractivity contribution in [3.63, 3.8) is 0 Å². The topological polar surface area (TPSA) is 59.1 Å². The number of β-amino-alcohol motifs (C(OH)–C–C–N with tert-alkyl or cyclic N) is 1. The third-order valence-electron chi connectivity index (χ3n) is 5.33. The molecular weight excluding hydrogens is 446 g/mol. The minimum Gasteiger partial charge on any atom is -0.392 e. The van der Waals surface area contributed by atoms with Crippen LogP contribution in [0, 0.1) is 4.77 Å². The SMILES string of the molecule is O[C@@H]1CCCN(Cn2nc(CSc3nc4ccccc4s3)n(-c3ccccc3)c2=S)C1. The van der Waals surface area contributed by atoms with Crippen molar-refractivity contribution in [3.8, 4) is 5.69 Å². The molecule has 0 saturated carbocycles. The number of hydrogen-bond acceptors (Lipinski definition) is 7. The van der Waals surface area contributed by atoms with Gasteiger partial charge >= 0.3 is 0 Å². The van der Waals surface area contributed by atoms with E-state index in [1.54, 1.807) is 23.1 Å². The van der Waals surface area contributed by atoms with Crippen LogP contribution in [0.5, 0.6) is 0 Å². The number of thiazole rings is 1. The van der Waals surface area contributed by atoms with Crippen molar-refractivity contribution in [2.24, 2.45) is 0 Å².